The highest BCUT2D eigenvalue weighted by Crippen LogP contribution is 2.34. The lowest BCUT2D eigenvalue weighted by atomic mass is 9.87. The topological polar surface area (TPSA) is 63.3 Å². The number of rotatable bonds is 4. The molecular weight excluding hydrogens is 292 g/mol. The number of hydrogen-bond acceptors (Lipinski definition) is 4. The zero-order chi connectivity index (χ0) is 16.4. The largest absolute Gasteiger partial charge is 0.469 e. The van der Waals surface area contributed by atoms with Crippen LogP contribution in [0, 0.1) is 12.8 Å². The minimum atomic E-state index is -0.0618. The van der Waals surface area contributed by atoms with Crippen molar-refractivity contribution < 1.29 is 9.21 Å². The average Bonchev–Trinajstić information content (AvgIpc) is 3.13. The molecule has 0 saturated carbocycles. The number of carbonyl (C=O) groups is 1. The van der Waals surface area contributed by atoms with Gasteiger partial charge in [-0.1, -0.05) is 0 Å². The summed E-state index contributed by atoms with van der Waals surface area (Å²) in [6.07, 6.45) is 5.64. The Morgan fingerprint density at radius 3 is 2.91 bits per heavy atom. The van der Waals surface area contributed by atoms with Crippen molar-refractivity contribution in [3.63, 3.8) is 0 Å². The normalized spacial score (nSPS) is 22.2. The van der Waals surface area contributed by atoms with Crippen molar-refractivity contribution in [3.05, 3.63) is 41.6 Å². The Bertz CT molecular complexity index is 676. The maximum absolute atomic E-state index is 12.3. The van der Waals surface area contributed by atoms with Crippen LogP contribution in [0.25, 0.3) is 0 Å². The lowest BCUT2D eigenvalue weighted by Crippen LogP contribution is -2.42. The van der Waals surface area contributed by atoms with Gasteiger partial charge in [0.25, 0.3) is 5.91 Å². The molecule has 3 heterocycles. The Morgan fingerprint density at radius 1 is 1.43 bits per heavy atom. The van der Waals surface area contributed by atoms with Crippen molar-refractivity contribution in [1.29, 1.82) is 0 Å². The Balaban J connectivity index is 1.71. The molecule has 1 aliphatic heterocycles. The van der Waals surface area contributed by atoms with Crippen LogP contribution in [0.4, 0.5) is 0 Å². The van der Waals surface area contributed by atoms with E-state index in [1.165, 1.54) is 5.69 Å². The number of furan rings is 1. The van der Waals surface area contributed by atoms with Crippen molar-refractivity contribution in [1.82, 2.24) is 20.0 Å². The number of nitrogens with one attached hydrogen (secondary N) is 1. The van der Waals surface area contributed by atoms with Crippen molar-refractivity contribution in [3.8, 4) is 0 Å². The molecule has 0 aliphatic carbocycles. The van der Waals surface area contributed by atoms with Gasteiger partial charge in [0.15, 0.2) is 0 Å². The minimum Gasteiger partial charge on any atom is -0.469 e. The van der Waals surface area contributed by atoms with Crippen LogP contribution in [0.5, 0.6) is 0 Å². The molecule has 124 valence electrons. The molecule has 2 aromatic rings. The zero-order valence-electron chi connectivity index (χ0n) is 14.0. The van der Waals surface area contributed by atoms with Gasteiger partial charge in [-0.05, 0) is 51.4 Å². The summed E-state index contributed by atoms with van der Waals surface area (Å²) in [5.74, 6) is 0.972. The molecule has 1 fully saturated rings. The molecule has 6 heteroatoms. The molecule has 0 aromatic carbocycles. The van der Waals surface area contributed by atoms with Gasteiger partial charge in [-0.25, -0.2) is 0 Å². The second-order valence-corrected chi connectivity index (χ2v) is 6.31. The molecular formula is C17H24N4O2. The minimum absolute atomic E-state index is 0.0618. The van der Waals surface area contributed by atoms with E-state index in [0.29, 0.717) is 23.8 Å². The highest BCUT2D eigenvalue weighted by atomic mass is 16.3. The van der Waals surface area contributed by atoms with Gasteiger partial charge in [-0.3, -0.25) is 14.4 Å². The van der Waals surface area contributed by atoms with Crippen LogP contribution in [-0.4, -0.2) is 40.7 Å². The highest BCUT2D eigenvalue weighted by molar-refractivity contribution is 5.95. The van der Waals surface area contributed by atoms with Gasteiger partial charge in [0.05, 0.1) is 23.6 Å². The third-order valence-electron chi connectivity index (χ3n) is 4.80. The van der Waals surface area contributed by atoms with Crippen molar-refractivity contribution in [2.45, 2.75) is 25.8 Å². The van der Waals surface area contributed by atoms with E-state index in [4.69, 9.17) is 4.42 Å². The number of aryl methyl sites for hydroxylation is 2. The van der Waals surface area contributed by atoms with Crippen molar-refractivity contribution in [2.24, 2.45) is 13.0 Å². The predicted molar refractivity (Wildman–Crippen MR) is 87.1 cm³/mol. The van der Waals surface area contributed by atoms with E-state index in [-0.39, 0.29) is 11.9 Å². The van der Waals surface area contributed by atoms with E-state index in [0.717, 1.165) is 19.4 Å². The van der Waals surface area contributed by atoms with Crippen LogP contribution >= 0.6 is 0 Å². The SMILES string of the molecule is Cc1occc1C(=O)NC[C@@H]1CCCN(C)[C@H]1c1ccnn1C. The second-order valence-electron chi connectivity index (χ2n) is 6.31. The molecule has 0 bridgehead atoms. The first kappa shape index (κ1) is 15.8. The fourth-order valence-corrected chi connectivity index (χ4v) is 3.55. The number of piperidine rings is 1. The smallest absolute Gasteiger partial charge is 0.254 e. The number of likely N-dealkylation sites (tertiary alicyclic amines) is 1. The standard InChI is InChI=1S/C17H24N4O2/c1-12-14(7-10-23-12)17(22)18-11-13-5-4-9-20(2)16(13)15-6-8-19-21(15)3/h6-8,10,13,16H,4-5,9,11H2,1-3H3,(H,18,22)/t13-,16+/m0/s1. The molecule has 2 atom stereocenters. The first-order valence-corrected chi connectivity index (χ1v) is 8.08. The van der Waals surface area contributed by atoms with Gasteiger partial charge in [-0.15, -0.1) is 0 Å². The first-order chi connectivity index (χ1) is 11.1. The van der Waals surface area contributed by atoms with E-state index in [9.17, 15) is 4.79 Å². The van der Waals surface area contributed by atoms with E-state index in [2.05, 4.69) is 28.4 Å². The van der Waals surface area contributed by atoms with Crippen molar-refractivity contribution in [2.75, 3.05) is 20.1 Å². The molecule has 2 aromatic heterocycles. The Morgan fingerprint density at radius 2 is 2.26 bits per heavy atom. The monoisotopic (exact) mass is 316 g/mol. The Hall–Kier alpha value is -2.08. The summed E-state index contributed by atoms with van der Waals surface area (Å²) in [5, 5.41) is 7.37. The zero-order valence-corrected chi connectivity index (χ0v) is 14.0. The highest BCUT2D eigenvalue weighted by Gasteiger charge is 2.32. The van der Waals surface area contributed by atoms with Crippen molar-refractivity contribution >= 4 is 5.91 Å². The average molecular weight is 316 g/mol. The van der Waals surface area contributed by atoms with Gasteiger partial charge < -0.3 is 9.73 Å². The fraction of sp³-hybridized carbons (Fsp3) is 0.529. The van der Waals surface area contributed by atoms with Crippen LogP contribution in [0.15, 0.2) is 29.0 Å². The Kier molecular flexibility index (Phi) is 4.52. The molecule has 0 spiro atoms. The predicted octanol–water partition coefficient (Wildman–Crippen LogP) is 2.13. The maximum Gasteiger partial charge on any atom is 0.254 e. The van der Waals surface area contributed by atoms with Crippen LogP contribution in [-0.2, 0) is 7.05 Å². The summed E-state index contributed by atoms with van der Waals surface area (Å²) in [4.78, 5) is 14.7. The summed E-state index contributed by atoms with van der Waals surface area (Å²) < 4.78 is 7.14. The van der Waals surface area contributed by atoms with Gasteiger partial charge in [0.1, 0.15) is 5.76 Å². The maximum atomic E-state index is 12.3. The lowest BCUT2D eigenvalue weighted by Gasteiger charge is -2.39. The molecule has 0 radical (unpaired) electrons. The van der Waals surface area contributed by atoms with E-state index in [1.807, 2.05) is 24.9 Å². The number of amides is 1. The molecule has 3 rings (SSSR count). The van der Waals surface area contributed by atoms with Crippen LogP contribution in [0.1, 0.15) is 40.7 Å². The van der Waals surface area contributed by atoms with Crippen LogP contribution in [0.3, 0.4) is 0 Å². The van der Waals surface area contributed by atoms with E-state index < -0.39 is 0 Å². The van der Waals surface area contributed by atoms with E-state index >= 15 is 0 Å². The fourth-order valence-electron chi connectivity index (χ4n) is 3.55. The third kappa shape index (κ3) is 3.17. The number of hydrogen-bond donors (Lipinski definition) is 1. The first-order valence-electron chi connectivity index (χ1n) is 8.08. The molecule has 6 nitrogen and oxygen atoms in total. The molecule has 23 heavy (non-hydrogen) atoms. The second kappa shape index (κ2) is 6.58. The molecule has 1 N–H and O–H groups in total. The van der Waals surface area contributed by atoms with Gasteiger partial charge >= 0.3 is 0 Å². The summed E-state index contributed by atoms with van der Waals surface area (Å²) in [6.45, 7) is 3.53. The lowest BCUT2D eigenvalue weighted by molar-refractivity contribution is 0.0879. The molecule has 1 saturated heterocycles. The van der Waals surface area contributed by atoms with E-state index in [1.54, 1.807) is 12.3 Å². The molecule has 1 amide bonds. The summed E-state index contributed by atoms with van der Waals surface area (Å²) in [6, 6.07) is 4.07. The molecule has 1 aliphatic rings. The molecule has 0 unspecified atom stereocenters. The summed E-state index contributed by atoms with van der Waals surface area (Å²) >= 11 is 0. The summed E-state index contributed by atoms with van der Waals surface area (Å²) in [7, 11) is 4.12. The van der Waals surface area contributed by atoms with Crippen LogP contribution in [0.2, 0.25) is 0 Å². The third-order valence-corrected chi connectivity index (χ3v) is 4.80. The summed E-state index contributed by atoms with van der Waals surface area (Å²) in [5.41, 5.74) is 1.82. The van der Waals surface area contributed by atoms with Gasteiger partial charge in [-0.2, -0.15) is 5.10 Å². The number of nitrogens with zero attached hydrogens (tertiary/aromatic N) is 3. The number of aromatic nitrogens is 2. The van der Waals surface area contributed by atoms with Gasteiger partial charge in [0.2, 0.25) is 0 Å². The van der Waals surface area contributed by atoms with Gasteiger partial charge in [0, 0.05) is 19.8 Å². The number of carbonyl (C=O) groups excluding carboxylic acids is 1. The quantitative estimate of drug-likeness (QED) is 0.938. The Labute approximate surface area is 136 Å². The van der Waals surface area contributed by atoms with Crippen LogP contribution < -0.4 is 5.32 Å².